The van der Waals surface area contributed by atoms with Crippen LogP contribution in [0.3, 0.4) is 0 Å². The fraction of sp³-hybridized carbons (Fsp3) is 0.688. The molecule has 3 heteroatoms. The SMILES string of the molecule is CCCCCCCCCC[C@H](O)/C=C1\C=CC(=O)O1. The number of esters is 1. The van der Waals surface area contributed by atoms with Crippen molar-refractivity contribution < 1.29 is 14.6 Å². The molecule has 1 heterocycles. The summed E-state index contributed by atoms with van der Waals surface area (Å²) in [7, 11) is 0. The highest BCUT2D eigenvalue weighted by atomic mass is 16.5. The summed E-state index contributed by atoms with van der Waals surface area (Å²) in [6, 6.07) is 0. The monoisotopic (exact) mass is 266 g/mol. The number of ether oxygens (including phenoxy) is 1. The minimum atomic E-state index is -0.509. The Bertz CT molecular complexity index is 318. The van der Waals surface area contributed by atoms with Crippen LogP contribution in [0.5, 0.6) is 0 Å². The van der Waals surface area contributed by atoms with E-state index in [9.17, 15) is 9.90 Å². The fourth-order valence-corrected chi connectivity index (χ4v) is 2.18. The van der Waals surface area contributed by atoms with Crippen molar-refractivity contribution in [2.75, 3.05) is 0 Å². The van der Waals surface area contributed by atoms with Gasteiger partial charge in [0, 0.05) is 6.08 Å². The summed E-state index contributed by atoms with van der Waals surface area (Å²) in [5.41, 5.74) is 0. The maximum absolute atomic E-state index is 10.8. The lowest BCUT2D eigenvalue weighted by molar-refractivity contribution is -0.132. The van der Waals surface area contributed by atoms with Gasteiger partial charge in [-0.05, 0) is 18.6 Å². The van der Waals surface area contributed by atoms with Gasteiger partial charge in [0.15, 0.2) is 0 Å². The van der Waals surface area contributed by atoms with Crippen molar-refractivity contribution in [2.45, 2.75) is 70.8 Å². The highest BCUT2D eigenvalue weighted by molar-refractivity contribution is 5.86. The fourth-order valence-electron chi connectivity index (χ4n) is 2.18. The lowest BCUT2D eigenvalue weighted by Gasteiger charge is -2.06. The number of hydrogen-bond donors (Lipinski definition) is 1. The molecule has 0 radical (unpaired) electrons. The first-order chi connectivity index (χ1) is 9.22. The summed E-state index contributed by atoms with van der Waals surface area (Å²) in [6.45, 7) is 2.23. The Hall–Kier alpha value is -1.09. The summed E-state index contributed by atoms with van der Waals surface area (Å²) >= 11 is 0. The molecule has 0 spiro atoms. The standard InChI is InChI=1S/C16H26O3/c1-2-3-4-5-6-7-8-9-10-14(17)13-15-11-12-16(18)19-15/h11-14,17H,2-10H2,1H3/b15-13+/t14-/m0/s1. The van der Waals surface area contributed by atoms with Crippen molar-refractivity contribution in [2.24, 2.45) is 0 Å². The Morgan fingerprint density at radius 2 is 1.74 bits per heavy atom. The van der Waals surface area contributed by atoms with Gasteiger partial charge >= 0.3 is 5.97 Å². The predicted octanol–water partition coefficient (Wildman–Crippen LogP) is 3.88. The zero-order valence-electron chi connectivity index (χ0n) is 11.9. The quantitative estimate of drug-likeness (QED) is 0.482. The lowest BCUT2D eigenvalue weighted by Crippen LogP contribution is -2.04. The molecule has 0 saturated carbocycles. The van der Waals surface area contributed by atoms with Crippen LogP contribution in [0.4, 0.5) is 0 Å². The van der Waals surface area contributed by atoms with Crippen molar-refractivity contribution in [1.29, 1.82) is 0 Å². The average Bonchev–Trinajstić information content (AvgIpc) is 2.78. The third-order valence-corrected chi connectivity index (χ3v) is 3.31. The molecule has 0 unspecified atom stereocenters. The second-order valence-electron chi connectivity index (χ2n) is 5.15. The number of carbonyl (C=O) groups is 1. The van der Waals surface area contributed by atoms with Crippen LogP contribution < -0.4 is 0 Å². The van der Waals surface area contributed by atoms with Crippen molar-refractivity contribution >= 4 is 5.97 Å². The van der Waals surface area contributed by atoms with E-state index in [-0.39, 0.29) is 5.97 Å². The summed E-state index contributed by atoms with van der Waals surface area (Å²) in [6.07, 6.45) is 14.9. The van der Waals surface area contributed by atoms with Gasteiger partial charge in [0.1, 0.15) is 5.76 Å². The first-order valence-corrected chi connectivity index (χ1v) is 7.52. The van der Waals surface area contributed by atoms with Gasteiger partial charge in [-0.2, -0.15) is 0 Å². The second-order valence-corrected chi connectivity index (χ2v) is 5.15. The van der Waals surface area contributed by atoms with Gasteiger partial charge in [-0.1, -0.05) is 58.3 Å². The maximum atomic E-state index is 10.8. The van der Waals surface area contributed by atoms with Crippen molar-refractivity contribution in [3.05, 3.63) is 24.0 Å². The molecule has 0 saturated heterocycles. The third kappa shape index (κ3) is 7.83. The molecule has 1 atom stereocenters. The van der Waals surface area contributed by atoms with Crippen molar-refractivity contribution in [3.63, 3.8) is 0 Å². The number of allylic oxidation sites excluding steroid dienone is 1. The Labute approximate surface area is 116 Å². The molecule has 0 aromatic rings. The van der Waals surface area contributed by atoms with Gasteiger partial charge in [-0.15, -0.1) is 0 Å². The molecule has 108 valence electrons. The predicted molar refractivity (Wildman–Crippen MR) is 76.5 cm³/mol. The summed E-state index contributed by atoms with van der Waals surface area (Å²) in [4.78, 5) is 10.8. The maximum Gasteiger partial charge on any atom is 0.336 e. The van der Waals surface area contributed by atoms with E-state index in [4.69, 9.17) is 4.74 Å². The average molecular weight is 266 g/mol. The van der Waals surface area contributed by atoms with Crippen LogP contribution in [0.2, 0.25) is 0 Å². The molecular weight excluding hydrogens is 240 g/mol. The number of carbonyl (C=O) groups excluding carboxylic acids is 1. The van der Waals surface area contributed by atoms with E-state index in [1.807, 2.05) is 0 Å². The zero-order valence-corrected chi connectivity index (χ0v) is 11.9. The molecule has 0 aromatic heterocycles. The number of cyclic esters (lactones) is 1. The zero-order chi connectivity index (χ0) is 13.9. The number of unbranched alkanes of at least 4 members (excludes halogenated alkanes) is 7. The van der Waals surface area contributed by atoms with Crippen LogP contribution in [-0.4, -0.2) is 17.2 Å². The first kappa shape index (κ1) is 16.0. The second kappa shape index (κ2) is 9.79. The van der Waals surface area contributed by atoms with E-state index in [0.717, 1.165) is 12.8 Å². The number of hydrogen-bond acceptors (Lipinski definition) is 3. The molecule has 1 rings (SSSR count). The van der Waals surface area contributed by atoms with Crippen molar-refractivity contribution in [3.8, 4) is 0 Å². The minimum Gasteiger partial charge on any atom is -0.424 e. The topological polar surface area (TPSA) is 46.5 Å². The normalized spacial score (nSPS) is 18.0. The largest absolute Gasteiger partial charge is 0.424 e. The highest BCUT2D eigenvalue weighted by Crippen LogP contribution is 2.14. The van der Waals surface area contributed by atoms with Crippen LogP contribution in [0, 0.1) is 0 Å². The molecule has 19 heavy (non-hydrogen) atoms. The minimum absolute atomic E-state index is 0.356. The Balaban J connectivity index is 1.97. The van der Waals surface area contributed by atoms with E-state index in [1.165, 1.54) is 51.0 Å². The Kier molecular flexibility index (Phi) is 8.23. The Morgan fingerprint density at radius 3 is 2.32 bits per heavy atom. The first-order valence-electron chi connectivity index (χ1n) is 7.52. The van der Waals surface area contributed by atoms with Gasteiger partial charge in [-0.25, -0.2) is 4.79 Å². The molecular formula is C16H26O3. The molecule has 1 N–H and O–H groups in total. The molecule has 3 nitrogen and oxygen atoms in total. The van der Waals surface area contributed by atoms with Gasteiger partial charge in [0.05, 0.1) is 6.10 Å². The highest BCUT2D eigenvalue weighted by Gasteiger charge is 2.11. The lowest BCUT2D eigenvalue weighted by atomic mass is 10.1. The van der Waals surface area contributed by atoms with Gasteiger partial charge in [0.25, 0.3) is 0 Å². The number of aliphatic hydroxyl groups is 1. The van der Waals surface area contributed by atoms with Crippen LogP contribution in [0.25, 0.3) is 0 Å². The number of aliphatic hydroxyl groups excluding tert-OH is 1. The van der Waals surface area contributed by atoms with E-state index < -0.39 is 6.10 Å². The van der Waals surface area contributed by atoms with E-state index in [0.29, 0.717) is 5.76 Å². The van der Waals surface area contributed by atoms with E-state index in [1.54, 1.807) is 12.2 Å². The van der Waals surface area contributed by atoms with E-state index >= 15 is 0 Å². The van der Waals surface area contributed by atoms with Crippen LogP contribution in [0.1, 0.15) is 64.7 Å². The van der Waals surface area contributed by atoms with E-state index in [2.05, 4.69) is 6.92 Å². The molecule has 1 aliphatic rings. The Morgan fingerprint density at radius 1 is 1.11 bits per heavy atom. The van der Waals surface area contributed by atoms with Gasteiger partial charge in [-0.3, -0.25) is 0 Å². The molecule has 0 bridgehead atoms. The summed E-state index contributed by atoms with van der Waals surface area (Å²) in [5, 5.41) is 9.77. The van der Waals surface area contributed by atoms with Gasteiger partial charge in [0.2, 0.25) is 0 Å². The summed E-state index contributed by atoms with van der Waals surface area (Å²) in [5.74, 6) is 0.114. The molecule has 0 fully saturated rings. The third-order valence-electron chi connectivity index (χ3n) is 3.31. The van der Waals surface area contributed by atoms with Crippen LogP contribution in [0.15, 0.2) is 24.0 Å². The smallest absolute Gasteiger partial charge is 0.336 e. The molecule has 0 aliphatic carbocycles. The van der Waals surface area contributed by atoms with Gasteiger partial charge < -0.3 is 9.84 Å². The molecule has 0 aromatic carbocycles. The summed E-state index contributed by atoms with van der Waals surface area (Å²) < 4.78 is 4.87. The van der Waals surface area contributed by atoms with Crippen LogP contribution >= 0.6 is 0 Å². The number of rotatable bonds is 10. The van der Waals surface area contributed by atoms with Crippen LogP contribution in [-0.2, 0) is 9.53 Å². The molecule has 1 aliphatic heterocycles. The van der Waals surface area contributed by atoms with Crippen molar-refractivity contribution in [1.82, 2.24) is 0 Å². The molecule has 0 amide bonds.